The molecule has 0 bridgehead atoms. The summed E-state index contributed by atoms with van der Waals surface area (Å²) in [6.07, 6.45) is 4.22. The molecule has 0 spiro atoms. The smallest absolute Gasteiger partial charge is 0.0642 e. The number of aliphatic hydroxyl groups is 1. The molecule has 1 heteroatoms. The van der Waals surface area contributed by atoms with Crippen LogP contribution in [0, 0.1) is 5.41 Å². The van der Waals surface area contributed by atoms with Crippen molar-refractivity contribution in [1.29, 1.82) is 0 Å². The number of hydrogen-bond donors (Lipinski definition) is 1. The first kappa shape index (κ1) is 11.4. The van der Waals surface area contributed by atoms with Gasteiger partial charge >= 0.3 is 0 Å². The second kappa shape index (κ2) is 4.46. The molecular formula is C11H20O. The van der Waals surface area contributed by atoms with Gasteiger partial charge in [0.2, 0.25) is 0 Å². The van der Waals surface area contributed by atoms with Crippen molar-refractivity contribution in [1.82, 2.24) is 0 Å². The van der Waals surface area contributed by atoms with Gasteiger partial charge in [-0.2, -0.15) is 0 Å². The van der Waals surface area contributed by atoms with Crippen LogP contribution in [0.5, 0.6) is 0 Å². The third-order valence-electron chi connectivity index (χ3n) is 1.38. The molecule has 12 heavy (non-hydrogen) atoms. The summed E-state index contributed by atoms with van der Waals surface area (Å²) in [4.78, 5) is 0. The molecule has 0 aromatic heterocycles. The summed E-state index contributed by atoms with van der Waals surface area (Å²) in [5.74, 6) is 0. The molecule has 0 saturated carbocycles. The molecular weight excluding hydrogens is 148 g/mol. The second-order valence-corrected chi connectivity index (χ2v) is 4.40. The van der Waals surface area contributed by atoms with E-state index >= 15 is 0 Å². The Bertz CT molecular complexity index is 192. The van der Waals surface area contributed by atoms with Crippen molar-refractivity contribution in [3.05, 3.63) is 23.3 Å². The molecule has 0 atom stereocenters. The average molecular weight is 168 g/mol. The summed E-state index contributed by atoms with van der Waals surface area (Å²) in [7, 11) is 0. The fourth-order valence-corrected chi connectivity index (χ4v) is 1.16. The molecule has 0 unspecified atom stereocenters. The van der Waals surface area contributed by atoms with Gasteiger partial charge in [0.1, 0.15) is 0 Å². The molecule has 1 N–H and O–H groups in total. The summed E-state index contributed by atoms with van der Waals surface area (Å²) >= 11 is 0. The molecule has 0 aromatic carbocycles. The van der Waals surface area contributed by atoms with Crippen LogP contribution in [0.2, 0.25) is 0 Å². The highest BCUT2D eigenvalue weighted by Gasteiger charge is 2.04. The van der Waals surface area contributed by atoms with Crippen LogP contribution in [0.25, 0.3) is 0 Å². The van der Waals surface area contributed by atoms with E-state index in [0.29, 0.717) is 0 Å². The number of hydrogen-bond acceptors (Lipinski definition) is 1. The van der Waals surface area contributed by atoms with Crippen LogP contribution in [0.4, 0.5) is 0 Å². The zero-order valence-electron chi connectivity index (χ0n) is 8.81. The van der Waals surface area contributed by atoms with Crippen LogP contribution in [0.3, 0.4) is 0 Å². The van der Waals surface area contributed by atoms with E-state index in [4.69, 9.17) is 5.11 Å². The summed E-state index contributed by atoms with van der Waals surface area (Å²) in [6, 6.07) is 0. The number of aliphatic hydroxyl groups excluding tert-OH is 1. The lowest BCUT2D eigenvalue weighted by Gasteiger charge is -2.12. The van der Waals surface area contributed by atoms with Crippen LogP contribution in [0.1, 0.15) is 34.6 Å². The van der Waals surface area contributed by atoms with E-state index < -0.39 is 0 Å². The van der Waals surface area contributed by atoms with Crippen LogP contribution in [-0.2, 0) is 0 Å². The molecule has 0 aliphatic carbocycles. The van der Waals surface area contributed by atoms with E-state index in [1.807, 2.05) is 13.0 Å². The molecule has 0 rings (SSSR count). The molecule has 0 aliphatic heterocycles. The van der Waals surface area contributed by atoms with Gasteiger partial charge in [0.15, 0.2) is 0 Å². The molecule has 0 aliphatic rings. The van der Waals surface area contributed by atoms with Crippen molar-refractivity contribution in [2.24, 2.45) is 5.41 Å². The van der Waals surface area contributed by atoms with E-state index in [2.05, 4.69) is 33.8 Å². The largest absolute Gasteiger partial charge is 0.392 e. The Hall–Kier alpha value is -0.560. The highest BCUT2D eigenvalue weighted by molar-refractivity contribution is 5.22. The van der Waals surface area contributed by atoms with Crippen molar-refractivity contribution in [2.75, 3.05) is 6.61 Å². The maximum absolute atomic E-state index is 8.79. The summed E-state index contributed by atoms with van der Waals surface area (Å²) < 4.78 is 0. The summed E-state index contributed by atoms with van der Waals surface area (Å²) in [6.45, 7) is 10.6. The van der Waals surface area contributed by atoms with Gasteiger partial charge in [0.05, 0.1) is 6.61 Å². The first-order valence-electron chi connectivity index (χ1n) is 4.32. The predicted molar refractivity (Wildman–Crippen MR) is 54.1 cm³/mol. The lowest BCUT2D eigenvalue weighted by molar-refractivity contribution is 0.331. The maximum Gasteiger partial charge on any atom is 0.0642 e. The lowest BCUT2D eigenvalue weighted by atomic mass is 9.93. The fraction of sp³-hybridized carbons (Fsp3) is 0.636. The molecule has 0 heterocycles. The summed E-state index contributed by atoms with van der Waals surface area (Å²) in [5, 5.41) is 8.79. The van der Waals surface area contributed by atoms with E-state index in [1.54, 1.807) is 0 Å². The molecule has 0 fully saturated rings. The van der Waals surface area contributed by atoms with E-state index in [0.717, 1.165) is 5.57 Å². The Morgan fingerprint density at radius 2 is 1.75 bits per heavy atom. The van der Waals surface area contributed by atoms with Crippen molar-refractivity contribution in [3.8, 4) is 0 Å². The molecule has 1 nitrogen and oxygen atoms in total. The highest BCUT2D eigenvalue weighted by atomic mass is 16.3. The quantitative estimate of drug-likeness (QED) is 0.628. The van der Waals surface area contributed by atoms with Crippen molar-refractivity contribution >= 4 is 0 Å². The SMILES string of the molecule is CC(=C\C(C)(C)C)/C=C(\C)CO. The maximum atomic E-state index is 8.79. The van der Waals surface area contributed by atoms with Crippen LogP contribution >= 0.6 is 0 Å². The zero-order chi connectivity index (χ0) is 9.78. The van der Waals surface area contributed by atoms with Gasteiger partial charge in [0.25, 0.3) is 0 Å². The van der Waals surface area contributed by atoms with Crippen molar-refractivity contribution in [2.45, 2.75) is 34.6 Å². The van der Waals surface area contributed by atoms with Crippen molar-refractivity contribution in [3.63, 3.8) is 0 Å². The number of allylic oxidation sites excluding steroid dienone is 3. The first-order valence-corrected chi connectivity index (χ1v) is 4.32. The minimum atomic E-state index is 0.148. The van der Waals surface area contributed by atoms with E-state index in [9.17, 15) is 0 Å². The van der Waals surface area contributed by atoms with Crippen LogP contribution in [-0.4, -0.2) is 11.7 Å². The van der Waals surface area contributed by atoms with Gasteiger partial charge in [0, 0.05) is 0 Å². The predicted octanol–water partition coefficient (Wildman–Crippen LogP) is 2.92. The topological polar surface area (TPSA) is 20.2 Å². The molecule has 70 valence electrons. The first-order chi connectivity index (χ1) is 5.35. The summed E-state index contributed by atoms with van der Waals surface area (Å²) in [5.41, 5.74) is 2.44. The minimum absolute atomic E-state index is 0.148. The standard InChI is InChI=1S/C11H20O/c1-9(6-10(2)8-12)7-11(3,4)5/h6-7,12H,8H2,1-5H3/b9-7+,10-6+. The van der Waals surface area contributed by atoms with Gasteiger partial charge in [-0.05, 0) is 24.8 Å². The van der Waals surface area contributed by atoms with Gasteiger partial charge in [-0.25, -0.2) is 0 Å². The monoisotopic (exact) mass is 168 g/mol. The number of rotatable bonds is 2. The van der Waals surface area contributed by atoms with Crippen LogP contribution in [0.15, 0.2) is 23.3 Å². The molecule has 0 saturated heterocycles. The molecule has 0 aromatic rings. The van der Waals surface area contributed by atoms with Crippen LogP contribution < -0.4 is 0 Å². The van der Waals surface area contributed by atoms with Gasteiger partial charge in [-0.1, -0.05) is 38.5 Å². The Kier molecular flexibility index (Phi) is 4.25. The normalized spacial score (nSPS) is 15.2. The lowest BCUT2D eigenvalue weighted by Crippen LogP contribution is -2.00. The highest BCUT2D eigenvalue weighted by Crippen LogP contribution is 2.18. The Morgan fingerprint density at radius 3 is 2.08 bits per heavy atom. The minimum Gasteiger partial charge on any atom is -0.392 e. The Morgan fingerprint density at radius 1 is 1.25 bits per heavy atom. The Labute approximate surface area is 75.8 Å². The second-order valence-electron chi connectivity index (χ2n) is 4.40. The molecule has 0 amide bonds. The van der Waals surface area contributed by atoms with Gasteiger partial charge in [-0.15, -0.1) is 0 Å². The van der Waals surface area contributed by atoms with Gasteiger partial charge in [-0.3, -0.25) is 0 Å². The van der Waals surface area contributed by atoms with Crippen molar-refractivity contribution < 1.29 is 5.11 Å². The third-order valence-corrected chi connectivity index (χ3v) is 1.38. The van der Waals surface area contributed by atoms with Gasteiger partial charge < -0.3 is 5.11 Å². The Balaban J connectivity index is 4.40. The van der Waals surface area contributed by atoms with E-state index in [-0.39, 0.29) is 12.0 Å². The zero-order valence-corrected chi connectivity index (χ0v) is 8.81. The third kappa shape index (κ3) is 6.17. The average Bonchev–Trinajstić information content (AvgIpc) is 1.82. The molecule has 0 radical (unpaired) electrons. The van der Waals surface area contributed by atoms with E-state index in [1.165, 1.54) is 5.57 Å². The fourth-order valence-electron chi connectivity index (χ4n) is 1.16.